The number of hydrogen-bond donors (Lipinski definition) is 2. The van der Waals surface area contributed by atoms with Crippen LogP contribution in [0.1, 0.15) is 33.1 Å². The van der Waals surface area contributed by atoms with Crippen LogP contribution >= 0.6 is 0 Å². The second kappa shape index (κ2) is 6.11. The molecule has 1 saturated heterocycles. The third-order valence-electron chi connectivity index (χ3n) is 3.71. The van der Waals surface area contributed by atoms with Gasteiger partial charge in [0.1, 0.15) is 5.82 Å². The number of benzene rings is 1. The van der Waals surface area contributed by atoms with Crippen LogP contribution in [-0.4, -0.2) is 29.0 Å². The Bertz CT molecular complexity index is 539. The van der Waals surface area contributed by atoms with Crippen LogP contribution in [0.2, 0.25) is 0 Å². The lowest BCUT2D eigenvalue weighted by molar-refractivity contribution is 0.106. The lowest BCUT2D eigenvalue weighted by Gasteiger charge is -2.42. The van der Waals surface area contributed by atoms with Crippen molar-refractivity contribution in [1.82, 2.24) is 10.2 Å². The molecule has 1 fully saturated rings. The SMILES string of the molecule is CC1(C)CCCCN1C(=O)NC(N)=Nc1ccc(F)cc1. The third kappa shape index (κ3) is 3.93. The van der Waals surface area contributed by atoms with Gasteiger partial charge in [0.15, 0.2) is 0 Å². The van der Waals surface area contributed by atoms with Gasteiger partial charge < -0.3 is 10.6 Å². The monoisotopic (exact) mass is 292 g/mol. The lowest BCUT2D eigenvalue weighted by Crippen LogP contribution is -2.56. The van der Waals surface area contributed by atoms with Gasteiger partial charge in [0.05, 0.1) is 5.69 Å². The van der Waals surface area contributed by atoms with Gasteiger partial charge in [0.25, 0.3) is 0 Å². The molecule has 1 aliphatic heterocycles. The first kappa shape index (κ1) is 15.3. The van der Waals surface area contributed by atoms with Crippen molar-refractivity contribution < 1.29 is 9.18 Å². The predicted molar refractivity (Wildman–Crippen MR) is 80.9 cm³/mol. The largest absolute Gasteiger partial charge is 0.369 e. The number of piperidine rings is 1. The van der Waals surface area contributed by atoms with Crippen molar-refractivity contribution in [2.24, 2.45) is 10.7 Å². The number of urea groups is 1. The molecule has 2 amide bonds. The van der Waals surface area contributed by atoms with E-state index in [1.165, 1.54) is 24.3 Å². The van der Waals surface area contributed by atoms with Gasteiger partial charge in [-0.3, -0.25) is 5.32 Å². The molecule has 2 rings (SSSR count). The maximum atomic E-state index is 12.8. The summed E-state index contributed by atoms with van der Waals surface area (Å²) in [6.45, 7) is 4.79. The number of nitrogens with two attached hydrogens (primary N) is 1. The average Bonchev–Trinajstić information content (AvgIpc) is 2.40. The average molecular weight is 292 g/mol. The van der Waals surface area contributed by atoms with Crippen molar-refractivity contribution in [1.29, 1.82) is 0 Å². The second-order valence-electron chi connectivity index (χ2n) is 5.82. The Hall–Kier alpha value is -2.11. The topological polar surface area (TPSA) is 70.7 Å². The van der Waals surface area contributed by atoms with Gasteiger partial charge in [-0.1, -0.05) is 0 Å². The molecule has 0 saturated carbocycles. The second-order valence-corrected chi connectivity index (χ2v) is 5.82. The third-order valence-corrected chi connectivity index (χ3v) is 3.71. The first-order chi connectivity index (χ1) is 9.88. The molecular formula is C15H21FN4O. The maximum absolute atomic E-state index is 12.8. The molecule has 5 nitrogen and oxygen atoms in total. The van der Waals surface area contributed by atoms with Crippen LogP contribution in [0.15, 0.2) is 29.3 Å². The van der Waals surface area contributed by atoms with E-state index in [0.717, 1.165) is 19.3 Å². The minimum Gasteiger partial charge on any atom is -0.369 e. The number of rotatable bonds is 1. The van der Waals surface area contributed by atoms with Crippen LogP contribution in [0.5, 0.6) is 0 Å². The molecular weight excluding hydrogens is 271 g/mol. The van der Waals surface area contributed by atoms with Gasteiger partial charge >= 0.3 is 6.03 Å². The Kier molecular flexibility index (Phi) is 4.45. The highest BCUT2D eigenvalue weighted by atomic mass is 19.1. The summed E-state index contributed by atoms with van der Waals surface area (Å²) in [6.07, 6.45) is 3.08. The van der Waals surface area contributed by atoms with E-state index in [1.54, 1.807) is 4.90 Å². The molecule has 0 spiro atoms. The van der Waals surface area contributed by atoms with Gasteiger partial charge in [-0.25, -0.2) is 14.2 Å². The smallest absolute Gasteiger partial charge is 0.324 e. The number of nitrogens with one attached hydrogen (secondary N) is 1. The van der Waals surface area contributed by atoms with E-state index >= 15 is 0 Å². The van der Waals surface area contributed by atoms with Gasteiger partial charge in [-0.15, -0.1) is 0 Å². The molecule has 0 bridgehead atoms. The molecule has 0 atom stereocenters. The fraction of sp³-hybridized carbons (Fsp3) is 0.467. The summed E-state index contributed by atoms with van der Waals surface area (Å²) >= 11 is 0. The fourth-order valence-corrected chi connectivity index (χ4v) is 2.50. The molecule has 0 aliphatic carbocycles. The van der Waals surface area contributed by atoms with Crippen LogP contribution in [0.3, 0.4) is 0 Å². The molecule has 1 heterocycles. The van der Waals surface area contributed by atoms with E-state index in [1.807, 2.05) is 13.8 Å². The lowest BCUT2D eigenvalue weighted by atomic mass is 9.91. The molecule has 1 aromatic rings. The van der Waals surface area contributed by atoms with Gasteiger partial charge in [-0.2, -0.15) is 0 Å². The minimum absolute atomic E-state index is 0.00739. The van der Waals surface area contributed by atoms with Gasteiger partial charge in [0, 0.05) is 12.1 Å². The number of halogens is 1. The van der Waals surface area contributed by atoms with Crippen molar-refractivity contribution in [2.75, 3.05) is 6.54 Å². The van der Waals surface area contributed by atoms with Crippen molar-refractivity contribution in [3.8, 4) is 0 Å². The molecule has 3 N–H and O–H groups in total. The summed E-state index contributed by atoms with van der Waals surface area (Å²) in [5, 5.41) is 2.59. The Morgan fingerprint density at radius 3 is 2.62 bits per heavy atom. The van der Waals surface area contributed by atoms with E-state index in [2.05, 4.69) is 10.3 Å². The summed E-state index contributed by atoms with van der Waals surface area (Å²) in [5.74, 6) is -0.334. The van der Waals surface area contributed by atoms with Crippen molar-refractivity contribution in [3.05, 3.63) is 30.1 Å². The van der Waals surface area contributed by atoms with E-state index in [4.69, 9.17) is 5.73 Å². The minimum atomic E-state index is -0.341. The molecule has 21 heavy (non-hydrogen) atoms. The summed E-state index contributed by atoms with van der Waals surface area (Å²) in [7, 11) is 0. The van der Waals surface area contributed by atoms with E-state index in [-0.39, 0.29) is 23.3 Å². The molecule has 114 valence electrons. The summed E-state index contributed by atoms with van der Waals surface area (Å²) in [4.78, 5) is 18.1. The Morgan fingerprint density at radius 1 is 1.33 bits per heavy atom. The van der Waals surface area contributed by atoms with Crippen molar-refractivity contribution >= 4 is 17.7 Å². The number of carbonyl (C=O) groups is 1. The normalized spacial score (nSPS) is 18.4. The predicted octanol–water partition coefficient (Wildman–Crippen LogP) is 2.75. The van der Waals surface area contributed by atoms with Gasteiger partial charge in [-0.05, 0) is 57.4 Å². The van der Waals surface area contributed by atoms with Gasteiger partial charge in [0.2, 0.25) is 5.96 Å². The highest BCUT2D eigenvalue weighted by molar-refractivity contribution is 5.96. The highest BCUT2D eigenvalue weighted by Crippen LogP contribution is 2.27. The van der Waals surface area contributed by atoms with Crippen molar-refractivity contribution in [2.45, 2.75) is 38.6 Å². The Morgan fingerprint density at radius 2 is 2.00 bits per heavy atom. The van der Waals surface area contributed by atoms with E-state index < -0.39 is 0 Å². The molecule has 6 heteroatoms. The van der Waals surface area contributed by atoms with Crippen LogP contribution < -0.4 is 11.1 Å². The Labute approximate surface area is 124 Å². The van der Waals surface area contributed by atoms with E-state index in [0.29, 0.717) is 12.2 Å². The number of carbonyl (C=O) groups excluding carboxylic acids is 1. The maximum Gasteiger partial charge on any atom is 0.324 e. The van der Waals surface area contributed by atoms with E-state index in [9.17, 15) is 9.18 Å². The fourth-order valence-electron chi connectivity index (χ4n) is 2.50. The number of likely N-dealkylation sites (tertiary alicyclic amines) is 1. The zero-order valence-electron chi connectivity index (χ0n) is 12.4. The number of amides is 2. The number of hydrogen-bond acceptors (Lipinski definition) is 2. The molecule has 0 radical (unpaired) electrons. The first-order valence-corrected chi connectivity index (χ1v) is 7.07. The summed E-state index contributed by atoms with van der Waals surface area (Å²) in [5.41, 5.74) is 6.05. The molecule has 1 aliphatic rings. The van der Waals surface area contributed by atoms with Crippen LogP contribution in [0.4, 0.5) is 14.9 Å². The summed E-state index contributed by atoms with van der Waals surface area (Å²) in [6, 6.07) is 5.34. The zero-order chi connectivity index (χ0) is 15.5. The zero-order valence-corrected chi connectivity index (χ0v) is 12.4. The Balaban J connectivity index is 2.03. The quantitative estimate of drug-likeness (QED) is 0.617. The van der Waals surface area contributed by atoms with Crippen molar-refractivity contribution in [3.63, 3.8) is 0 Å². The molecule has 1 aromatic carbocycles. The number of aliphatic imine (C=N–C) groups is 1. The van der Waals surface area contributed by atoms with Crippen LogP contribution in [-0.2, 0) is 0 Å². The van der Waals surface area contributed by atoms with Crippen LogP contribution in [0, 0.1) is 5.82 Å². The number of nitrogens with zero attached hydrogens (tertiary/aromatic N) is 2. The standard InChI is InChI=1S/C15H21FN4O/c1-15(2)9-3-4-10-20(15)14(21)19-13(17)18-12-7-5-11(16)6-8-12/h5-8H,3-4,9-10H2,1-2H3,(H3,17,18,19,21). The number of guanidine groups is 1. The summed E-state index contributed by atoms with van der Waals surface area (Å²) < 4.78 is 12.8. The highest BCUT2D eigenvalue weighted by Gasteiger charge is 2.33. The first-order valence-electron chi connectivity index (χ1n) is 7.07. The van der Waals surface area contributed by atoms with Crippen LogP contribution in [0.25, 0.3) is 0 Å². The molecule has 0 aromatic heterocycles. The molecule has 0 unspecified atom stereocenters.